The van der Waals surface area contributed by atoms with Crippen LogP contribution >= 0.6 is 0 Å². The molecule has 1 aliphatic carbocycles. The lowest BCUT2D eigenvalue weighted by molar-refractivity contribution is 0.409. The van der Waals surface area contributed by atoms with E-state index in [0.717, 1.165) is 24.5 Å². The summed E-state index contributed by atoms with van der Waals surface area (Å²) < 4.78 is 14.1. The molecule has 19 heavy (non-hydrogen) atoms. The maximum absolute atomic E-state index is 14.1. The van der Waals surface area contributed by atoms with Crippen molar-refractivity contribution in [3.8, 4) is 11.5 Å². The molecule has 2 rings (SSSR count). The maximum atomic E-state index is 14.1. The normalized spacial score (nSPS) is 23.0. The van der Waals surface area contributed by atoms with Gasteiger partial charge in [-0.15, -0.1) is 0 Å². The molecule has 1 aromatic carbocycles. The van der Waals surface area contributed by atoms with Crippen LogP contribution in [0.5, 0.6) is 11.5 Å². The highest BCUT2D eigenvalue weighted by Gasteiger charge is 2.30. The summed E-state index contributed by atoms with van der Waals surface area (Å²) in [7, 11) is 0. The van der Waals surface area contributed by atoms with Gasteiger partial charge in [-0.3, -0.25) is 0 Å². The number of benzene rings is 1. The minimum absolute atomic E-state index is 0.119. The van der Waals surface area contributed by atoms with E-state index in [1.54, 1.807) is 0 Å². The summed E-state index contributed by atoms with van der Waals surface area (Å²) in [5.41, 5.74) is 2.43. The van der Waals surface area contributed by atoms with E-state index in [1.807, 2.05) is 19.9 Å². The van der Waals surface area contributed by atoms with Crippen LogP contribution in [-0.2, 0) is 0 Å². The number of halogens is 1. The lowest BCUT2D eigenvalue weighted by Crippen LogP contribution is -2.18. The van der Waals surface area contributed by atoms with Gasteiger partial charge in [-0.05, 0) is 32.6 Å². The zero-order valence-corrected chi connectivity index (χ0v) is 11.3. The van der Waals surface area contributed by atoms with E-state index in [9.17, 15) is 14.6 Å². The highest BCUT2D eigenvalue weighted by molar-refractivity contribution is 5.45. The first-order valence-corrected chi connectivity index (χ1v) is 6.44. The van der Waals surface area contributed by atoms with E-state index in [0.29, 0.717) is 0 Å². The Labute approximate surface area is 112 Å². The van der Waals surface area contributed by atoms with Crippen LogP contribution in [0.3, 0.4) is 0 Å². The predicted molar refractivity (Wildman–Crippen MR) is 73.8 cm³/mol. The van der Waals surface area contributed by atoms with E-state index >= 15 is 0 Å². The van der Waals surface area contributed by atoms with E-state index in [-0.39, 0.29) is 28.9 Å². The lowest BCUT2D eigenvalue weighted by Gasteiger charge is -2.31. The molecular formula is C16H19FO2. The minimum Gasteiger partial charge on any atom is -0.508 e. The fraction of sp³-hybridized carbons (Fsp3) is 0.375. The van der Waals surface area contributed by atoms with Crippen LogP contribution in [0.15, 0.2) is 35.9 Å². The molecule has 0 bridgehead atoms. The first kappa shape index (κ1) is 13.7. The highest BCUT2D eigenvalue weighted by atomic mass is 19.1. The highest BCUT2D eigenvalue weighted by Crippen LogP contribution is 2.44. The molecule has 0 aromatic heterocycles. The second-order valence-electron chi connectivity index (χ2n) is 5.39. The third-order valence-electron chi connectivity index (χ3n) is 3.81. The molecule has 0 unspecified atom stereocenters. The van der Waals surface area contributed by atoms with Gasteiger partial charge >= 0.3 is 0 Å². The van der Waals surface area contributed by atoms with Gasteiger partial charge in [0.05, 0.1) is 0 Å². The molecule has 102 valence electrons. The molecular weight excluding hydrogens is 243 g/mol. The predicted octanol–water partition coefficient (Wildman–Crippen LogP) is 4.25. The number of phenolic OH excluding ortho intramolecular Hbond substituents is 2. The average molecular weight is 262 g/mol. The molecule has 0 saturated heterocycles. The van der Waals surface area contributed by atoms with Gasteiger partial charge in [-0.1, -0.05) is 23.8 Å². The summed E-state index contributed by atoms with van der Waals surface area (Å²) in [4.78, 5) is 0. The van der Waals surface area contributed by atoms with Gasteiger partial charge in [-0.2, -0.15) is 0 Å². The molecule has 0 saturated carbocycles. The standard InChI is InChI=1S/C16H19FO2/c1-9(2)12-5-4-10(3)6-13(12)16-14(17)7-11(18)8-15(16)19/h6-8,12-13,18-19H,1,4-5H2,2-3H3/t12-,13-/m0/s1. The molecule has 1 aromatic rings. The smallest absolute Gasteiger partial charge is 0.134 e. The Balaban J connectivity index is 2.54. The van der Waals surface area contributed by atoms with Crippen LogP contribution in [0.25, 0.3) is 0 Å². The molecule has 0 amide bonds. The summed E-state index contributed by atoms with van der Waals surface area (Å²) in [5.74, 6) is -1.12. The third-order valence-corrected chi connectivity index (χ3v) is 3.81. The molecule has 0 spiro atoms. The van der Waals surface area contributed by atoms with Crippen LogP contribution in [0.1, 0.15) is 38.2 Å². The zero-order chi connectivity index (χ0) is 14.2. The number of allylic oxidation sites excluding steroid dienone is 3. The Hall–Kier alpha value is -1.77. The Morgan fingerprint density at radius 2 is 2.05 bits per heavy atom. The van der Waals surface area contributed by atoms with Gasteiger partial charge < -0.3 is 10.2 Å². The van der Waals surface area contributed by atoms with Crippen molar-refractivity contribution in [3.05, 3.63) is 47.3 Å². The van der Waals surface area contributed by atoms with Gasteiger partial charge in [0.2, 0.25) is 0 Å². The number of phenols is 2. The maximum Gasteiger partial charge on any atom is 0.134 e. The summed E-state index contributed by atoms with van der Waals surface area (Å²) in [6, 6.07) is 2.23. The average Bonchev–Trinajstić information content (AvgIpc) is 2.27. The fourth-order valence-electron chi connectivity index (χ4n) is 2.83. The SMILES string of the molecule is C=C(C)[C@@H]1CCC(C)=C[C@@H]1c1c(O)cc(O)cc1F. The number of rotatable bonds is 2. The van der Waals surface area contributed by atoms with E-state index in [2.05, 4.69) is 6.58 Å². The molecule has 0 radical (unpaired) electrons. The number of hydrogen-bond donors (Lipinski definition) is 2. The Morgan fingerprint density at radius 1 is 1.37 bits per heavy atom. The molecule has 3 heteroatoms. The van der Waals surface area contributed by atoms with Crippen LogP contribution in [-0.4, -0.2) is 10.2 Å². The van der Waals surface area contributed by atoms with E-state index in [4.69, 9.17) is 0 Å². The molecule has 0 aliphatic heterocycles. The van der Waals surface area contributed by atoms with Crippen molar-refractivity contribution in [2.45, 2.75) is 32.6 Å². The quantitative estimate of drug-likeness (QED) is 0.782. The van der Waals surface area contributed by atoms with Crippen molar-refractivity contribution in [1.82, 2.24) is 0 Å². The molecule has 0 fully saturated rings. The largest absolute Gasteiger partial charge is 0.508 e. The van der Waals surface area contributed by atoms with Crippen molar-refractivity contribution in [3.63, 3.8) is 0 Å². The Morgan fingerprint density at radius 3 is 2.63 bits per heavy atom. The molecule has 0 heterocycles. The molecule has 2 nitrogen and oxygen atoms in total. The van der Waals surface area contributed by atoms with Gasteiger partial charge in [0, 0.05) is 23.6 Å². The van der Waals surface area contributed by atoms with Gasteiger partial charge in [0.1, 0.15) is 17.3 Å². The molecule has 2 N–H and O–H groups in total. The van der Waals surface area contributed by atoms with E-state index in [1.165, 1.54) is 11.6 Å². The number of aromatic hydroxyl groups is 2. The fourth-order valence-corrected chi connectivity index (χ4v) is 2.83. The van der Waals surface area contributed by atoms with Crippen molar-refractivity contribution in [2.24, 2.45) is 5.92 Å². The third kappa shape index (κ3) is 2.65. The minimum atomic E-state index is -0.570. The van der Waals surface area contributed by atoms with Crippen LogP contribution in [0, 0.1) is 11.7 Å². The van der Waals surface area contributed by atoms with Crippen LogP contribution in [0.4, 0.5) is 4.39 Å². The second-order valence-corrected chi connectivity index (χ2v) is 5.39. The van der Waals surface area contributed by atoms with Crippen molar-refractivity contribution in [1.29, 1.82) is 0 Å². The summed E-state index contributed by atoms with van der Waals surface area (Å²) in [6.45, 7) is 7.92. The van der Waals surface area contributed by atoms with Crippen LogP contribution < -0.4 is 0 Å². The Kier molecular flexibility index (Phi) is 3.65. The topological polar surface area (TPSA) is 40.5 Å². The molecule has 2 atom stereocenters. The zero-order valence-electron chi connectivity index (χ0n) is 11.3. The lowest BCUT2D eigenvalue weighted by atomic mass is 9.74. The van der Waals surface area contributed by atoms with Crippen molar-refractivity contribution in [2.75, 3.05) is 0 Å². The summed E-state index contributed by atoms with van der Waals surface area (Å²) in [6.07, 6.45) is 3.87. The van der Waals surface area contributed by atoms with Gasteiger partial charge in [0.25, 0.3) is 0 Å². The van der Waals surface area contributed by atoms with Gasteiger partial charge in [0.15, 0.2) is 0 Å². The first-order chi connectivity index (χ1) is 8.90. The van der Waals surface area contributed by atoms with Crippen LogP contribution in [0.2, 0.25) is 0 Å². The summed E-state index contributed by atoms with van der Waals surface area (Å²) >= 11 is 0. The second kappa shape index (κ2) is 5.08. The number of hydrogen-bond acceptors (Lipinski definition) is 2. The van der Waals surface area contributed by atoms with Crippen molar-refractivity contribution >= 4 is 0 Å². The monoisotopic (exact) mass is 262 g/mol. The molecule has 1 aliphatic rings. The van der Waals surface area contributed by atoms with E-state index < -0.39 is 5.82 Å². The van der Waals surface area contributed by atoms with Crippen molar-refractivity contribution < 1.29 is 14.6 Å². The summed E-state index contributed by atoms with van der Waals surface area (Å²) in [5, 5.41) is 19.3. The van der Waals surface area contributed by atoms with Gasteiger partial charge in [-0.25, -0.2) is 4.39 Å². The Bertz CT molecular complexity index is 523. The first-order valence-electron chi connectivity index (χ1n) is 6.44.